The number of fused-ring (bicyclic) bond motifs is 1. The van der Waals surface area contributed by atoms with Gasteiger partial charge in [0.05, 0.1) is 23.3 Å². The second-order valence-electron chi connectivity index (χ2n) is 6.12. The third-order valence-corrected chi connectivity index (χ3v) is 4.84. The van der Waals surface area contributed by atoms with Crippen LogP contribution in [0.1, 0.15) is 23.7 Å². The molecule has 0 fully saturated rings. The van der Waals surface area contributed by atoms with E-state index in [1.165, 1.54) is 11.3 Å². The van der Waals surface area contributed by atoms with Crippen molar-refractivity contribution in [3.8, 4) is 17.0 Å². The van der Waals surface area contributed by atoms with E-state index in [1.54, 1.807) is 30.6 Å². The molecular weight excluding hydrogens is 372 g/mol. The van der Waals surface area contributed by atoms with Gasteiger partial charge in [0.1, 0.15) is 5.75 Å². The highest BCUT2D eigenvalue weighted by Gasteiger charge is 2.11. The van der Waals surface area contributed by atoms with E-state index in [0.29, 0.717) is 22.8 Å². The molecule has 0 bridgehead atoms. The molecule has 4 rings (SSSR count). The number of rotatable bonds is 6. The molecule has 2 aromatic heterocycles. The molecule has 140 valence electrons. The highest BCUT2D eigenvalue weighted by atomic mass is 32.1. The molecule has 1 amide bonds. The van der Waals surface area contributed by atoms with Gasteiger partial charge in [0.25, 0.3) is 5.91 Å². The molecule has 0 aliphatic heterocycles. The van der Waals surface area contributed by atoms with Crippen LogP contribution in [0.4, 0.5) is 5.13 Å². The van der Waals surface area contributed by atoms with Crippen molar-refractivity contribution in [2.24, 2.45) is 0 Å². The van der Waals surface area contributed by atoms with E-state index >= 15 is 0 Å². The van der Waals surface area contributed by atoms with Gasteiger partial charge in [-0.05, 0) is 48.9 Å². The first-order chi connectivity index (χ1) is 13.7. The smallest absolute Gasteiger partial charge is 0.257 e. The SMILES string of the molecule is CCCOc1ccc(-c2csc(NC(=O)c3ccc4nccnc4c3)n2)cc1. The predicted octanol–water partition coefficient (Wildman–Crippen LogP) is 4.79. The van der Waals surface area contributed by atoms with Gasteiger partial charge in [-0.15, -0.1) is 11.3 Å². The summed E-state index contributed by atoms with van der Waals surface area (Å²) in [6.45, 7) is 2.78. The fraction of sp³-hybridized carbons (Fsp3) is 0.143. The standard InChI is InChI=1S/C21H18N4O2S/c1-2-11-27-16-6-3-14(4-7-16)19-13-28-21(24-19)25-20(26)15-5-8-17-18(12-15)23-10-9-22-17/h3-10,12-13H,2,11H2,1H3,(H,24,25,26). The number of thiazole rings is 1. The van der Waals surface area contributed by atoms with Gasteiger partial charge >= 0.3 is 0 Å². The Morgan fingerprint density at radius 2 is 1.86 bits per heavy atom. The van der Waals surface area contributed by atoms with Gasteiger partial charge < -0.3 is 4.74 Å². The third-order valence-electron chi connectivity index (χ3n) is 4.08. The van der Waals surface area contributed by atoms with Gasteiger partial charge in [-0.2, -0.15) is 0 Å². The monoisotopic (exact) mass is 390 g/mol. The maximum atomic E-state index is 12.5. The number of amides is 1. The first-order valence-electron chi connectivity index (χ1n) is 8.94. The zero-order valence-electron chi connectivity index (χ0n) is 15.3. The summed E-state index contributed by atoms with van der Waals surface area (Å²) in [5, 5.41) is 5.31. The molecule has 0 saturated carbocycles. The molecule has 0 atom stereocenters. The van der Waals surface area contributed by atoms with Crippen LogP contribution in [0.5, 0.6) is 5.75 Å². The van der Waals surface area contributed by atoms with E-state index in [4.69, 9.17) is 4.74 Å². The largest absolute Gasteiger partial charge is 0.494 e. The summed E-state index contributed by atoms with van der Waals surface area (Å²) in [5.74, 6) is 0.616. The number of nitrogens with one attached hydrogen (secondary N) is 1. The normalized spacial score (nSPS) is 10.8. The lowest BCUT2D eigenvalue weighted by atomic mass is 10.2. The van der Waals surface area contributed by atoms with Crippen LogP contribution in [0.2, 0.25) is 0 Å². The highest BCUT2D eigenvalue weighted by Crippen LogP contribution is 2.27. The summed E-state index contributed by atoms with van der Waals surface area (Å²) < 4.78 is 5.60. The van der Waals surface area contributed by atoms with Crippen LogP contribution >= 0.6 is 11.3 Å². The van der Waals surface area contributed by atoms with E-state index in [9.17, 15) is 4.79 Å². The van der Waals surface area contributed by atoms with E-state index < -0.39 is 0 Å². The van der Waals surface area contributed by atoms with Gasteiger partial charge in [0.2, 0.25) is 0 Å². The summed E-state index contributed by atoms with van der Waals surface area (Å²) in [7, 11) is 0. The zero-order chi connectivity index (χ0) is 19.3. The van der Waals surface area contributed by atoms with Crippen molar-refractivity contribution in [2.75, 3.05) is 11.9 Å². The summed E-state index contributed by atoms with van der Waals surface area (Å²) in [5.41, 5.74) is 3.73. The number of carbonyl (C=O) groups is 1. The second kappa shape index (κ2) is 8.14. The van der Waals surface area contributed by atoms with Crippen molar-refractivity contribution >= 4 is 33.4 Å². The van der Waals surface area contributed by atoms with E-state index in [0.717, 1.165) is 28.9 Å². The van der Waals surface area contributed by atoms with Gasteiger partial charge in [-0.1, -0.05) is 6.92 Å². The molecule has 0 saturated heterocycles. The lowest BCUT2D eigenvalue weighted by molar-refractivity contribution is 0.102. The van der Waals surface area contributed by atoms with Crippen molar-refractivity contribution in [1.29, 1.82) is 0 Å². The maximum Gasteiger partial charge on any atom is 0.257 e. The fourth-order valence-electron chi connectivity index (χ4n) is 2.68. The van der Waals surface area contributed by atoms with Crippen LogP contribution in [0.15, 0.2) is 60.2 Å². The average Bonchev–Trinajstić information content (AvgIpc) is 3.20. The number of ether oxygens (including phenoxy) is 1. The third kappa shape index (κ3) is 3.99. The van der Waals surface area contributed by atoms with Crippen molar-refractivity contribution in [2.45, 2.75) is 13.3 Å². The van der Waals surface area contributed by atoms with Crippen LogP contribution in [0.3, 0.4) is 0 Å². The van der Waals surface area contributed by atoms with Crippen LogP contribution in [0, 0.1) is 0 Å². The zero-order valence-corrected chi connectivity index (χ0v) is 16.1. The Balaban J connectivity index is 1.47. The lowest BCUT2D eigenvalue weighted by Crippen LogP contribution is -2.11. The Morgan fingerprint density at radius 1 is 1.07 bits per heavy atom. The molecule has 0 spiro atoms. The fourth-order valence-corrected chi connectivity index (χ4v) is 3.39. The number of nitrogens with zero attached hydrogens (tertiary/aromatic N) is 3. The molecule has 1 N–H and O–H groups in total. The first kappa shape index (κ1) is 18.1. The van der Waals surface area contributed by atoms with Crippen LogP contribution in [-0.2, 0) is 0 Å². The lowest BCUT2D eigenvalue weighted by Gasteiger charge is -2.05. The topological polar surface area (TPSA) is 77.0 Å². The van der Waals surface area contributed by atoms with E-state index in [1.807, 2.05) is 29.6 Å². The molecule has 0 unspecified atom stereocenters. The number of aromatic nitrogens is 3. The minimum absolute atomic E-state index is 0.225. The Labute approximate surface area is 166 Å². The first-order valence-corrected chi connectivity index (χ1v) is 9.82. The molecule has 0 radical (unpaired) electrons. The molecule has 2 heterocycles. The Bertz CT molecular complexity index is 1110. The molecule has 2 aromatic carbocycles. The Morgan fingerprint density at radius 3 is 2.64 bits per heavy atom. The summed E-state index contributed by atoms with van der Waals surface area (Å²) in [4.78, 5) is 25.5. The number of anilines is 1. The van der Waals surface area contributed by atoms with Gasteiger partial charge in [0, 0.05) is 28.9 Å². The molecule has 4 aromatic rings. The predicted molar refractivity (Wildman–Crippen MR) is 111 cm³/mol. The minimum atomic E-state index is -0.225. The van der Waals surface area contributed by atoms with Crippen molar-refractivity contribution < 1.29 is 9.53 Å². The van der Waals surface area contributed by atoms with E-state index in [2.05, 4.69) is 27.2 Å². The van der Waals surface area contributed by atoms with Crippen molar-refractivity contribution in [1.82, 2.24) is 15.0 Å². The maximum absolute atomic E-state index is 12.5. The molecule has 0 aliphatic carbocycles. The Hall–Kier alpha value is -3.32. The van der Waals surface area contributed by atoms with Crippen LogP contribution in [-0.4, -0.2) is 27.5 Å². The van der Waals surface area contributed by atoms with Crippen LogP contribution in [0.25, 0.3) is 22.3 Å². The molecule has 7 heteroatoms. The number of carbonyl (C=O) groups excluding carboxylic acids is 1. The van der Waals surface area contributed by atoms with Gasteiger partial charge in [-0.3, -0.25) is 20.1 Å². The van der Waals surface area contributed by atoms with Crippen LogP contribution < -0.4 is 10.1 Å². The molecule has 28 heavy (non-hydrogen) atoms. The number of hydrogen-bond donors (Lipinski definition) is 1. The second-order valence-corrected chi connectivity index (χ2v) is 6.98. The summed E-state index contributed by atoms with van der Waals surface area (Å²) in [6, 6.07) is 13.0. The summed E-state index contributed by atoms with van der Waals surface area (Å²) >= 11 is 1.39. The number of benzene rings is 2. The van der Waals surface area contributed by atoms with Crippen molar-refractivity contribution in [3.05, 3.63) is 65.8 Å². The number of hydrogen-bond acceptors (Lipinski definition) is 6. The Kier molecular flexibility index (Phi) is 5.25. The minimum Gasteiger partial charge on any atom is -0.494 e. The van der Waals surface area contributed by atoms with E-state index in [-0.39, 0.29) is 5.91 Å². The van der Waals surface area contributed by atoms with Gasteiger partial charge in [0.15, 0.2) is 5.13 Å². The van der Waals surface area contributed by atoms with Gasteiger partial charge in [-0.25, -0.2) is 4.98 Å². The highest BCUT2D eigenvalue weighted by molar-refractivity contribution is 7.14. The quantitative estimate of drug-likeness (QED) is 0.512. The molecule has 6 nitrogen and oxygen atoms in total. The molecule has 0 aliphatic rings. The summed E-state index contributed by atoms with van der Waals surface area (Å²) in [6.07, 6.45) is 4.21. The molecular formula is C21H18N4O2S. The van der Waals surface area contributed by atoms with Crippen molar-refractivity contribution in [3.63, 3.8) is 0 Å². The average molecular weight is 390 g/mol.